The molecular weight excluding hydrogens is 572 g/mol. The molecule has 0 bridgehead atoms. The summed E-state index contributed by atoms with van der Waals surface area (Å²) in [5, 5.41) is 14.1. The zero-order valence-corrected chi connectivity index (χ0v) is 25.3. The number of primary amides is 1. The van der Waals surface area contributed by atoms with Gasteiger partial charge in [0.1, 0.15) is 5.75 Å². The lowest BCUT2D eigenvalue weighted by Gasteiger charge is -2.26. The Kier molecular flexibility index (Phi) is 7.20. The number of aromatic nitrogens is 3. The SMILES string of the molecule is COc1cc2c(cc1-c1cccnc1OC)-c1c([C@H](CO)Cc3c[nH]c4ccccc34)c(C(N)=O)c(-c3cccs3)n1CC2. The summed E-state index contributed by atoms with van der Waals surface area (Å²) in [4.78, 5) is 22.2. The second-order valence-electron chi connectivity index (χ2n) is 10.9. The van der Waals surface area contributed by atoms with Crippen molar-refractivity contribution in [2.24, 2.45) is 5.73 Å². The molecule has 1 amide bonds. The number of aliphatic hydroxyl groups is 1. The molecule has 44 heavy (non-hydrogen) atoms. The number of benzene rings is 2. The maximum Gasteiger partial charge on any atom is 0.251 e. The highest BCUT2D eigenvalue weighted by Gasteiger charge is 2.35. The molecule has 0 aliphatic carbocycles. The number of fused-ring (bicyclic) bond motifs is 4. The smallest absolute Gasteiger partial charge is 0.251 e. The number of ether oxygens (including phenoxy) is 2. The third-order valence-electron chi connectivity index (χ3n) is 8.61. The van der Waals surface area contributed by atoms with Gasteiger partial charge >= 0.3 is 0 Å². The lowest BCUT2D eigenvalue weighted by Crippen LogP contribution is -2.18. The molecule has 0 fully saturated rings. The van der Waals surface area contributed by atoms with Crippen molar-refractivity contribution in [3.05, 3.63) is 101 Å². The van der Waals surface area contributed by atoms with Crippen molar-refractivity contribution in [2.45, 2.75) is 25.3 Å². The molecule has 9 heteroatoms. The molecule has 0 saturated carbocycles. The number of aryl methyl sites for hydroxylation is 1. The number of nitrogens with one attached hydrogen (secondary N) is 1. The van der Waals surface area contributed by atoms with Crippen molar-refractivity contribution in [3.8, 4) is 44.6 Å². The highest BCUT2D eigenvalue weighted by atomic mass is 32.1. The summed E-state index contributed by atoms with van der Waals surface area (Å²) in [5.41, 5.74) is 14.9. The Morgan fingerprint density at radius 1 is 1.07 bits per heavy atom. The van der Waals surface area contributed by atoms with Crippen molar-refractivity contribution in [1.82, 2.24) is 14.5 Å². The predicted molar refractivity (Wildman–Crippen MR) is 174 cm³/mol. The number of carbonyl (C=O) groups is 1. The van der Waals surface area contributed by atoms with Crippen LogP contribution in [-0.2, 0) is 19.4 Å². The predicted octanol–water partition coefficient (Wildman–Crippen LogP) is 6.42. The summed E-state index contributed by atoms with van der Waals surface area (Å²) in [6.07, 6.45) is 4.95. The maximum absolute atomic E-state index is 13.5. The first-order valence-electron chi connectivity index (χ1n) is 14.5. The summed E-state index contributed by atoms with van der Waals surface area (Å²) in [6, 6.07) is 20.1. The van der Waals surface area contributed by atoms with Gasteiger partial charge in [0.2, 0.25) is 5.88 Å². The van der Waals surface area contributed by atoms with Crippen molar-refractivity contribution in [3.63, 3.8) is 0 Å². The zero-order chi connectivity index (χ0) is 30.4. The van der Waals surface area contributed by atoms with Gasteiger partial charge in [-0.1, -0.05) is 24.3 Å². The number of carbonyl (C=O) groups excluding carboxylic acids is 1. The third-order valence-corrected chi connectivity index (χ3v) is 9.49. The van der Waals surface area contributed by atoms with Gasteiger partial charge in [-0.25, -0.2) is 4.98 Å². The van der Waals surface area contributed by atoms with Crippen LogP contribution < -0.4 is 15.2 Å². The maximum atomic E-state index is 13.5. The van der Waals surface area contributed by atoms with E-state index in [2.05, 4.69) is 32.7 Å². The van der Waals surface area contributed by atoms with Gasteiger partial charge in [0.05, 0.1) is 42.7 Å². The fourth-order valence-electron chi connectivity index (χ4n) is 6.71. The number of aromatic amines is 1. The Labute approximate surface area is 258 Å². The molecule has 4 aromatic heterocycles. The van der Waals surface area contributed by atoms with Gasteiger partial charge in [-0.05, 0) is 71.3 Å². The van der Waals surface area contributed by atoms with Crippen molar-refractivity contribution >= 4 is 28.1 Å². The molecule has 0 spiro atoms. The number of rotatable bonds is 9. The number of methoxy groups -OCH3 is 2. The number of nitrogens with two attached hydrogens (primary N) is 1. The number of para-hydroxylation sites is 1. The average Bonchev–Trinajstić information content (AvgIpc) is 3.81. The van der Waals surface area contributed by atoms with Crippen LogP contribution >= 0.6 is 11.3 Å². The second kappa shape index (κ2) is 11.3. The molecule has 5 heterocycles. The molecule has 1 aliphatic rings. The monoisotopic (exact) mass is 604 g/mol. The van der Waals surface area contributed by atoms with Crippen LogP contribution in [0.25, 0.3) is 43.9 Å². The minimum absolute atomic E-state index is 0.157. The van der Waals surface area contributed by atoms with Crippen LogP contribution in [0.1, 0.15) is 33.0 Å². The van der Waals surface area contributed by atoms with Gasteiger partial charge in [0.25, 0.3) is 5.91 Å². The first-order valence-corrected chi connectivity index (χ1v) is 15.4. The number of aliphatic hydroxyl groups excluding tert-OH is 1. The van der Waals surface area contributed by atoms with Gasteiger partial charge in [0.15, 0.2) is 0 Å². The van der Waals surface area contributed by atoms with Crippen molar-refractivity contribution in [2.75, 3.05) is 20.8 Å². The van der Waals surface area contributed by atoms with Crippen LogP contribution in [0, 0.1) is 0 Å². The Balaban J connectivity index is 1.51. The highest BCUT2D eigenvalue weighted by Crippen LogP contribution is 2.49. The van der Waals surface area contributed by atoms with Gasteiger partial charge < -0.3 is 29.9 Å². The van der Waals surface area contributed by atoms with Crippen molar-refractivity contribution < 1.29 is 19.4 Å². The summed E-state index contributed by atoms with van der Waals surface area (Å²) in [6.45, 7) is 0.495. The van der Waals surface area contributed by atoms with Crippen LogP contribution in [0.5, 0.6) is 11.6 Å². The molecule has 2 aromatic carbocycles. The standard InChI is InChI=1S/C35H32N4O4S/c1-42-28-16-20-11-13-39-32(25(20)17-26(28)24-8-5-12-37-35(24)43-2)30(31(34(36)41)33(39)29-10-6-14-44-29)22(19-40)15-21-18-38-27-9-4-3-7-23(21)27/h3-10,12,14,16-18,22,38,40H,11,13,15,19H2,1-2H3,(H2,36,41)/t22-/m0/s1. The Morgan fingerprint density at radius 3 is 2.68 bits per heavy atom. The van der Waals surface area contributed by atoms with E-state index in [1.54, 1.807) is 31.8 Å². The van der Waals surface area contributed by atoms with E-state index in [4.69, 9.17) is 15.2 Å². The third kappa shape index (κ3) is 4.47. The van der Waals surface area contributed by atoms with Crippen LogP contribution in [0.3, 0.4) is 0 Å². The summed E-state index contributed by atoms with van der Waals surface area (Å²) in [5.74, 6) is 0.299. The van der Waals surface area contributed by atoms with Crippen LogP contribution in [0.4, 0.5) is 0 Å². The van der Waals surface area contributed by atoms with E-state index in [1.807, 2.05) is 54.0 Å². The lowest BCUT2D eigenvalue weighted by atomic mass is 9.84. The van der Waals surface area contributed by atoms with Gasteiger partial charge in [0, 0.05) is 52.4 Å². The Bertz CT molecular complexity index is 2010. The quantitative estimate of drug-likeness (QED) is 0.176. The zero-order valence-electron chi connectivity index (χ0n) is 24.5. The molecule has 8 nitrogen and oxygen atoms in total. The van der Waals surface area contributed by atoms with Crippen LogP contribution in [0.15, 0.2) is 78.4 Å². The molecule has 6 aromatic rings. The van der Waals surface area contributed by atoms with Gasteiger partial charge in [-0.2, -0.15) is 0 Å². The lowest BCUT2D eigenvalue weighted by molar-refractivity contribution is 0.0999. The van der Waals surface area contributed by atoms with E-state index < -0.39 is 11.8 Å². The Hall–Kier alpha value is -4.86. The van der Waals surface area contributed by atoms with Gasteiger partial charge in [-0.3, -0.25) is 4.79 Å². The molecule has 1 aliphatic heterocycles. The molecule has 7 rings (SSSR count). The first kappa shape index (κ1) is 27.9. The van der Waals surface area contributed by atoms with Gasteiger partial charge in [-0.15, -0.1) is 11.3 Å². The highest BCUT2D eigenvalue weighted by molar-refractivity contribution is 7.13. The molecule has 0 saturated heterocycles. The van der Waals surface area contributed by atoms with Crippen LogP contribution in [-0.4, -0.2) is 46.4 Å². The fourth-order valence-corrected chi connectivity index (χ4v) is 7.50. The number of hydrogen-bond donors (Lipinski definition) is 3. The minimum Gasteiger partial charge on any atom is -0.496 e. The normalized spacial score (nSPS) is 13.0. The number of thiophene rings is 1. The van der Waals surface area contributed by atoms with E-state index >= 15 is 0 Å². The van der Waals surface area contributed by atoms with Crippen LogP contribution in [0.2, 0.25) is 0 Å². The molecule has 1 atom stereocenters. The number of pyridine rings is 1. The van der Waals surface area contributed by atoms with E-state index in [0.717, 1.165) is 67.0 Å². The molecular formula is C35H32N4O4S. The number of nitrogens with zero attached hydrogens (tertiary/aromatic N) is 2. The number of H-pyrrole nitrogens is 1. The average molecular weight is 605 g/mol. The summed E-state index contributed by atoms with van der Waals surface area (Å²) >= 11 is 1.57. The van der Waals surface area contributed by atoms with E-state index in [1.165, 1.54) is 0 Å². The largest absolute Gasteiger partial charge is 0.496 e. The molecule has 4 N–H and O–H groups in total. The summed E-state index contributed by atoms with van der Waals surface area (Å²) in [7, 11) is 3.26. The van der Waals surface area contributed by atoms with E-state index in [0.29, 0.717) is 30.2 Å². The Morgan fingerprint density at radius 2 is 1.93 bits per heavy atom. The minimum atomic E-state index is -0.508. The molecule has 0 unspecified atom stereocenters. The molecule has 222 valence electrons. The van der Waals surface area contributed by atoms with Crippen molar-refractivity contribution in [1.29, 1.82) is 0 Å². The second-order valence-corrected chi connectivity index (χ2v) is 11.9. The fraction of sp³-hybridized carbons (Fsp3) is 0.200. The topological polar surface area (TPSA) is 115 Å². The number of amides is 1. The molecule has 0 radical (unpaired) electrons. The first-order chi connectivity index (χ1) is 21.5. The van der Waals surface area contributed by atoms with E-state index in [9.17, 15) is 9.90 Å². The van der Waals surface area contributed by atoms with E-state index in [-0.39, 0.29) is 6.61 Å². The number of hydrogen-bond acceptors (Lipinski definition) is 6. The summed E-state index contributed by atoms with van der Waals surface area (Å²) < 4.78 is 13.7.